The van der Waals surface area contributed by atoms with Crippen molar-refractivity contribution < 1.29 is 9.90 Å². The molecule has 0 radical (unpaired) electrons. The molecule has 5 nitrogen and oxygen atoms in total. The van der Waals surface area contributed by atoms with E-state index in [1.807, 2.05) is 4.90 Å². The Balaban J connectivity index is 2.22. The van der Waals surface area contributed by atoms with Crippen LogP contribution in [0.1, 0.15) is 24.2 Å². The molecule has 1 fully saturated rings. The number of aromatic carboxylic acids is 1. The number of halogens is 1. The van der Waals surface area contributed by atoms with Crippen LogP contribution in [0.3, 0.4) is 0 Å². The van der Waals surface area contributed by atoms with E-state index < -0.39 is 5.97 Å². The molecule has 0 bridgehead atoms. The predicted octanol–water partition coefficient (Wildman–Crippen LogP) is 1.85. The molecule has 1 aromatic rings. The Labute approximate surface area is 117 Å². The lowest BCUT2D eigenvalue weighted by Gasteiger charge is -2.20. The third-order valence-corrected chi connectivity index (χ3v) is 3.92. The number of rotatable bonds is 3. The monoisotopic (exact) mass is 283 g/mol. The van der Waals surface area contributed by atoms with E-state index in [4.69, 9.17) is 22.4 Å². The zero-order chi connectivity index (χ0) is 14.2. The number of carbonyl (C=O) groups is 1. The molecule has 1 aromatic heterocycles. The topological polar surface area (TPSA) is 79.5 Å². The van der Waals surface area contributed by atoms with Crippen LogP contribution in [0.25, 0.3) is 0 Å². The summed E-state index contributed by atoms with van der Waals surface area (Å²) in [6.45, 7) is 5.80. The number of anilines is 1. The van der Waals surface area contributed by atoms with Gasteiger partial charge in [-0.1, -0.05) is 25.4 Å². The number of carboxylic acids is 1. The second kappa shape index (κ2) is 5.35. The predicted molar refractivity (Wildman–Crippen MR) is 74.7 cm³/mol. The second-order valence-corrected chi connectivity index (χ2v) is 5.72. The van der Waals surface area contributed by atoms with E-state index in [-0.39, 0.29) is 11.6 Å². The Kier molecular flexibility index (Phi) is 3.96. The summed E-state index contributed by atoms with van der Waals surface area (Å²) in [6, 6.07) is 1.53. The van der Waals surface area contributed by atoms with Crippen molar-refractivity contribution in [3.8, 4) is 0 Å². The molecule has 19 heavy (non-hydrogen) atoms. The van der Waals surface area contributed by atoms with E-state index in [1.54, 1.807) is 0 Å². The van der Waals surface area contributed by atoms with Crippen molar-refractivity contribution in [3.05, 3.63) is 22.8 Å². The average molecular weight is 284 g/mol. The zero-order valence-electron chi connectivity index (χ0n) is 11.0. The lowest BCUT2D eigenvalue weighted by molar-refractivity contribution is 0.0696. The molecule has 1 aliphatic rings. The van der Waals surface area contributed by atoms with Crippen molar-refractivity contribution in [1.29, 1.82) is 0 Å². The van der Waals surface area contributed by atoms with Gasteiger partial charge in [-0.25, -0.2) is 9.78 Å². The van der Waals surface area contributed by atoms with E-state index in [1.165, 1.54) is 12.3 Å². The number of pyridine rings is 1. The molecule has 0 spiro atoms. The number of carboxylic acid groups (broad SMARTS) is 1. The van der Waals surface area contributed by atoms with Crippen LogP contribution in [0.4, 0.5) is 5.82 Å². The Hall–Kier alpha value is -1.33. The molecule has 1 saturated heterocycles. The Morgan fingerprint density at radius 3 is 2.74 bits per heavy atom. The molecule has 6 heteroatoms. The smallest absolute Gasteiger partial charge is 0.337 e. The largest absolute Gasteiger partial charge is 0.478 e. The Bertz CT molecular complexity index is 493. The molecule has 2 atom stereocenters. The fourth-order valence-corrected chi connectivity index (χ4v) is 2.80. The summed E-state index contributed by atoms with van der Waals surface area (Å²) in [7, 11) is 0. The Morgan fingerprint density at radius 1 is 1.58 bits per heavy atom. The van der Waals surface area contributed by atoms with Crippen molar-refractivity contribution >= 4 is 23.4 Å². The molecular formula is C13H18ClN3O2. The van der Waals surface area contributed by atoms with Gasteiger partial charge in [0.15, 0.2) is 0 Å². The van der Waals surface area contributed by atoms with Gasteiger partial charge in [0.25, 0.3) is 0 Å². The van der Waals surface area contributed by atoms with Gasteiger partial charge >= 0.3 is 5.97 Å². The molecule has 1 aliphatic heterocycles. The van der Waals surface area contributed by atoms with E-state index in [0.717, 1.165) is 6.54 Å². The van der Waals surface area contributed by atoms with Crippen molar-refractivity contribution in [1.82, 2.24) is 4.98 Å². The van der Waals surface area contributed by atoms with Crippen molar-refractivity contribution in [2.45, 2.75) is 19.9 Å². The highest BCUT2D eigenvalue weighted by molar-refractivity contribution is 6.33. The summed E-state index contributed by atoms with van der Waals surface area (Å²) in [5, 5.41) is 9.25. The summed E-state index contributed by atoms with van der Waals surface area (Å²) >= 11 is 6.12. The molecule has 2 heterocycles. The number of hydrogen-bond acceptors (Lipinski definition) is 4. The number of nitrogens with two attached hydrogens (primary N) is 1. The lowest BCUT2D eigenvalue weighted by Crippen LogP contribution is -2.32. The first kappa shape index (κ1) is 14.1. The molecule has 2 rings (SSSR count). The summed E-state index contributed by atoms with van der Waals surface area (Å²) in [6.07, 6.45) is 1.33. The van der Waals surface area contributed by atoms with Gasteiger partial charge < -0.3 is 15.7 Å². The van der Waals surface area contributed by atoms with E-state index in [0.29, 0.717) is 29.2 Å². The van der Waals surface area contributed by atoms with Gasteiger partial charge in [-0.3, -0.25) is 0 Å². The summed E-state index contributed by atoms with van der Waals surface area (Å²) in [4.78, 5) is 17.0. The summed E-state index contributed by atoms with van der Waals surface area (Å²) in [5.74, 6) is 0.485. The first-order valence-electron chi connectivity index (χ1n) is 6.29. The van der Waals surface area contributed by atoms with Crippen molar-refractivity contribution in [2.75, 3.05) is 18.0 Å². The quantitative estimate of drug-likeness (QED) is 0.885. The zero-order valence-corrected chi connectivity index (χ0v) is 11.8. The van der Waals surface area contributed by atoms with Crippen LogP contribution in [-0.2, 0) is 0 Å². The molecule has 104 valence electrons. The second-order valence-electron chi connectivity index (χ2n) is 5.31. The van der Waals surface area contributed by atoms with Gasteiger partial charge in [0.1, 0.15) is 5.82 Å². The van der Waals surface area contributed by atoms with Crippen LogP contribution in [0.5, 0.6) is 0 Å². The highest BCUT2D eigenvalue weighted by Crippen LogP contribution is 2.31. The normalized spacial score (nSPS) is 23.1. The Morgan fingerprint density at radius 2 is 2.26 bits per heavy atom. The maximum atomic E-state index is 10.8. The lowest BCUT2D eigenvalue weighted by atomic mass is 9.92. The highest BCUT2D eigenvalue weighted by Gasteiger charge is 2.33. The van der Waals surface area contributed by atoms with Crippen LogP contribution in [0.2, 0.25) is 5.02 Å². The van der Waals surface area contributed by atoms with Gasteiger partial charge in [0.2, 0.25) is 0 Å². The minimum Gasteiger partial charge on any atom is -0.478 e. The van der Waals surface area contributed by atoms with Crippen LogP contribution in [0.15, 0.2) is 12.3 Å². The van der Waals surface area contributed by atoms with Gasteiger partial charge in [-0.2, -0.15) is 0 Å². The summed E-state index contributed by atoms with van der Waals surface area (Å²) < 4.78 is 0. The number of hydrogen-bond donors (Lipinski definition) is 2. The first-order chi connectivity index (χ1) is 8.90. The van der Waals surface area contributed by atoms with E-state index in [2.05, 4.69) is 18.8 Å². The van der Waals surface area contributed by atoms with Gasteiger partial charge in [-0.15, -0.1) is 0 Å². The van der Waals surface area contributed by atoms with E-state index in [9.17, 15) is 4.79 Å². The van der Waals surface area contributed by atoms with Gasteiger partial charge in [0.05, 0.1) is 10.6 Å². The van der Waals surface area contributed by atoms with Gasteiger partial charge in [0, 0.05) is 25.3 Å². The third kappa shape index (κ3) is 2.82. The SMILES string of the molecule is CC(C)[C@H]1CN(c2ncc(C(=O)O)cc2Cl)C[C@@H]1N. The third-order valence-electron chi connectivity index (χ3n) is 3.64. The fraction of sp³-hybridized carbons (Fsp3) is 0.538. The first-order valence-corrected chi connectivity index (χ1v) is 6.67. The molecule has 0 unspecified atom stereocenters. The van der Waals surface area contributed by atoms with Crippen molar-refractivity contribution in [2.24, 2.45) is 17.6 Å². The van der Waals surface area contributed by atoms with Crippen LogP contribution < -0.4 is 10.6 Å². The number of nitrogens with zero attached hydrogens (tertiary/aromatic N) is 2. The van der Waals surface area contributed by atoms with E-state index >= 15 is 0 Å². The minimum absolute atomic E-state index is 0.0945. The highest BCUT2D eigenvalue weighted by atomic mass is 35.5. The standard InChI is InChI=1S/C13H18ClN3O2/c1-7(2)9-5-17(6-11(9)15)12-10(14)3-8(4-16-12)13(18)19/h3-4,7,9,11H,5-6,15H2,1-2H3,(H,18,19)/t9-,11+/m1/s1. The van der Waals surface area contributed by atoms with Gasteiger partial charge in [-0.05, 0) is 17.9 Å². The summed E-state index contributed by atoms with van der Waals surface area (Å²) in [5.41, 5.74) is 6.22. The van der Waals surface area contributed by atoms with Crippen LogP contribution >= 0.6 is 11.6 Å². The number of aromatic nitrogens is 1. The molecule has 0 aliphatic carbocycles. The van der Waals surface area contributed by atoms with Crippen LogP contribution in [-0.4, -0.2) is 35.2 Å². The molecule has 0 aromatic carbocycles. The molecule has 0 saturated carbocycles. The van der Waals surface area contributed by atoms with Crippen molar-refractivity contribution in [3.63, 3.8) is 0 Å². The van der Waals surface area contributed by atoms with Crippen LogP contribution in [0, 0.1) is 11.8 Å². The minimum atomic E-state index is -1.03. The average Bonchev–Trinajstić information content (AvgIpc) is 2.71. The maximum Gasteiger partial charge on any atom is 0.337 e. The molecule has 3 N–H and O–H groups in total. The molecule has 0 amide bonds. The molecular weight excluding hydrogens is 266 g/mol. The fourth-order valence-electron chi connectivity index (χ4n) is 2.51. The maximum absolute atomic E-state index is 10.8.